The van der Waals surface area contributed by atoms with E-state index in [1.807, 2.05) is 23.5 Å². The molecule has 1 heterocycles. The zero-order chi connectivity index (χ0) is 11.4. The second-order valence-corrected chi connectivity index (χ2v) is 7.07. The van der Waals surface area contributed by atoms with Gasteiger partial charge < -0.3 is 11.1 Å². The van der Waals surface area contributed by atoms with E-state index in [1.165, 1.54) is 17.3 Å². The molecule has 1 aliphatic heterocycles. The van der Waals surface area contributed by atoms with Crippen LogP contribution in [0.5, 0.6) is 0 Å². The van der Waals surface area contributed by atoms with E-state index in [4.69, 9.17) is 5.73 Å². The summed E-state index contributed by atoms with van der Waals surface area (Å²) in [7, 11) is 0. The number of halogens is 1. The number of nitrogens with two attached hydrogens (primary N) is 1. The molecule has 1 aliphatic carbocycles. The van der Waals surface area contributed by atoms with Gasteiger partial charge in [-0.3, -0.25) is 4.79 Å². The first-order valence-electron chi connectivity index (χ1n) is 6.00. The summed E-state index contributed by atoms with van der Waals surface area (Å²) in [6, 6.07) is 0.0911. The Bertz CT molecular complexity index is 250. The molecule has 1 saturated heterocycles. The molecule has 6 heteroatoms. The largest absolute Gasteiger partial charge is 0.355 e. The first-order valence-corrected chi connectivity index (χ1v) is 8.20. The Kier molecular flexibility index (Phi) is 7.07. The summed E-state index contributed by atoms with van der Waals surface area (Å²) in [5, 5.41) is 3.67. The first kappa shape index (κ1) is 15.5. The van der Waals surface area contributed by atoms with Crippen LogP contribution in [-0.4, -0.2) is 41.0 Å². The minimum atomic E-state index is 0. The van der Waals surface area contributed by atoms with Crippen LogP contribution in [0.1, 0.15) is 19.3 Å². The van der Waals surface area contributed by atoms with Gasteiger partial charge in [0.15, 0.2) is 0 Å². The molecule has 100 valence electrons. The van der Waals surface area contributed by atoms with E-state index in [0.717, 1.165) is 25.8 Å². The van der Waals surface area contributed by atoms with Crippen molar-refractivity contribution < 1.29 is 4.79 Å². The van der Waals surface area contributed by atoms with Crippen molar-refractivity contribution in [1.29, 1.82) is 0 Å². The zero-order valence-electron chi connectivity index (χ0n) is 9.89. The third kappa shape index (κ3) is 4.54. The number of carbonyl (C=O) groups is 1. The number of amides is 1. The topological polar surface area (TPSA) is 55.1 Å². The molecule has 2 aliphatic rings. The highest BCUT2D eigenvalue weighted by Crippen LogP contribution is 2.25. The number of hydrogen-bond donors (Lipinski definition) is 2. The predicted molar refractivity (Wildman–Crippen MR) is 79.1 cm³/mol. The van der Waals surface area contributed by atoms with Crippen molar-refractivity contribution in [2.45, 2.75) is 30.6 Å². The van der Waals surface area contributed by atoms with Gasteiger partial charge in [0.2, 0.25) is 5.91 Å². The summed E-state index contributed by atoms with van der Waals surface area (Å²) in [6.45, 7) is 0.819. The average Bonchev–Trinajstić information content (AvgIpc) is 2.74. The highest BCUT2D eigenvalue weighted by Gasteiger charge is 2.30. The molecule has 2 fully saturated rings. The lowest BCUT2D eigenvalue weighted by Gasteiger charge is -2.22. The van der Waals surface area contributed by atoms with Crippen LogP contribution in [0.3, 0.4) is 0 Å². The van der Waals surface area contributed by atoms with Crippen molar-refractivity contribution in [3.8, 4) is 0 Å². The summed E-state index contributed by atoms with van der Waals surface area (Å²) in [5.41, 5.74) is 5.92. The first-order chi connectivity index (χ1) is 7.77. The van der Waals surface area contributed by atoms with Crippen LogP contribution in [0.2, 0.25) is 0 Å². The zero-order valence-corrected chi connectivity index (χ0v) is 12.3. The molecule has 0 spiro atoms. The minimum Gasteiger partial charge on any atom is -0.355 e. The normalized spacial score (nSPS) is 32.9. The van der Waals surface area contributed by atoms with Crippen LogP contribution in [0.15, 0.2) is 0 Å². The van der Waals surface area contributed by atoms with E-state index < -0.39 is 0 Å². The van der Waals surface area contributed by atoms with Crippen molar-refractivity contribution in [2.24, 2.45) is 11.7 Å². The van der Waals surface area contributed by atoms with Crippen LogP contribution >= 0.6 is 35.9 Å². The van der Waals surface area contributed by atoms with Crippen molar-refractivity contribution in [2.75, 3.05) is 23.8 Å². The van der Waals surface area contributed by atoms with Crippen molar-refractivity contribution in [1.82, 2.24) is 5.32 Å². The van der Waals surface area contributed by atoms with Gasteiger partial charge in [0, 0.05) is 35.1 Å². The number of nitrogens with one attached hydrogen (secondary N) is 1. The lowest BCUT2D eigenvalue weighted by molar-refractivity contribution is -0.125. The molecular formula is C11H21ClN2OS2. The van der Waals surface area contributed by atoms with Gasteiger partial charge in [0.25, 0.3) is 0 Å². The van der Waals surface area contributed by atoms with Gasteiger partial charge in [-0.05, 0) is 12.8 Å². The van der Waals surface area contributed by atoms with E-state index in [1.54, 1.807) is 0 Å². The Balaban J connectivity index is 0.00000144. The molecule has 17 heavy (non-hydrogen) atoms. The van der Waals surface area contributed by atoms with Gasteiger partial charge in [0.1, 0.15) is 0 Å². The Morgan fingerprint density at radius 2 is 2.18 bits per heavy atom. The molecule has 0 aromatic carbocycles. The molecule has 0 aromatic rings. The van der Waals surface area contributed by atoms with Gasteiger partial charge in [-0.15, -0.1) is 12.4 Å². The highest BCUT2D eigenvalue weighted by atomic mass is 35.5. The number of rotatable bonds is 3. The lowest BCUT2D eigenvalue weighted by atomic mass is 10.0. The Labute approximate surface area is 118 Å². The molecule has 3 atom stereocenters. The number of hydrogen-bond acceptors (Lipinski definition) is 4. The van der Waals surface area contributed by atoms with Crippen LogP contribution in [0, 0.1) is 5.92 Å². The minimum absolute atomic E-state index is 0. The summed E-state index contributed by atoms with van der Waals surface area (Å²) in [5.74, 6) is 3.89. The molecule has 0 bridgehead atoms. The standard InChI is InChI=1S/C11H20N2OS2.ClH/c12-10-3-1-2-9(10)11(14)13-6-8-7-15-4-5-16-8;/h8-10H,1-7,12H2,(H,13,14);1H. The number of thioether (sulfide) groups is 2. The third-order valence-corrected chi connectivity index (χ3v) is 6.14. The summed E-state index contributed by atoms with van der Waals surface area (Å²) < 4.78 is 0. The second-order valence-electron chi connectivity index (χ2n) is 4.51. The van der Waals surface area contributed by atoms with Crippen LogP contribution < -0.4 is 11.1 Å². The molecule has 1 saturated carbocycles. The van der Waals surface area contributed by atoms with Crippen molar-refractivity contribution >= 4 is 41.8 Å². The summed E-state index contributed by atoms with van der Waals surface area (Å²) in [4.78, 5) is 11.9. The molecular weight excluding hydrogens is 276 g/mol. The smallest absolute Gasteiger partial charge is 0.224 e. The molecule has 3 N–H and O–H groups in total. The van der Waals surface area contributed by atoms with Gasteiger partial charge >= 0.3 is 0 Å². The maximum Gasteiger partial charge on any atom is 0.224 e. The quantitative estimate of drug-likeness (QED) is 0.829. The van der Waals surface area contributed by atoms with E-state index in [0.29, 0.717) is 5.25 Å². The van der Waals surface area contributed by atoms with Crippen LogP contribution in [0.25, 0.3) is 0 Å². The Hall–Kier alpha value is 0.420. The Morgan fingerprint density at radius 1 is 1.35 bits per heavy atom. The van der Waals surface area contributed by atoms with E-state index in [9.17, 15) is 4.79 Å². The van der Waals surface area contributed by atoms with E-state index in [2.05, 4.69) is 5.32 Å². The van der Waals surface area contributed by atoms with Crippen molar-refractivity contribution in [3.05, 3.63) is 0 Å². The van der Waals surface area contributed by atoms with Gasteiger partial charge in [-0.25, -0.2) is 0 Å². The SMILES string of the molecule is Cl.NC1CCCC1C(=O)NCC1CSCCS1. The second kappa shape index (κ2) is 7.77. The molecule has 0 radical (unpaired) electrons. The fraction of sp³-hybridized carbons (Fsp3) is 0.909. The molecule has 2 rings (SSSR count). The maximum absolute atomic E-state index is 11.9. The number of carbonyl (C=O) groups excluding carboxylic acids is 1. The fourth-order valence-corrected chi connectivity index (χ4v) is 4.93. The van der Waals surface area contributed by atoms with Crippen LogP contribution in [-0.2, 0) is 4.79 Å². The Morgan fingerprint density at radius 3 is 2.76 bits per heavy atom. The molecule has 1 amide bonds. The van der Waals surface area contributed by atoms with E-state index in [-0.39, 0.29) is 30.3 Å². The maximum atomic E-state index is 11.9. The third-order valence-electron chi connectivity index (χ3n) is 3.30. The highest BCUT2D eigenvalue weighted by molar-refractivity contribution is 8.06. The summed E-state index contributed by atoms with van der Waals surface area (Å²) in [6.07, 6.45) is 3.08. The lowest BCUT2D eigenvalue weighted by Crippen LogP contribution is -2.41. The monoisotopic (exact) mass is 296 g/mol. The fourth-order valence-electron chi connectivity index (χ4n) is 2.31. The van der Waals surface area contributed by atoms with Gasteiger partial charge in [-0.2, -0.15) is 23.5 Å². The van der Waals surface area contributed by atoms with E-state index >= 15 is 0 Å². The van der Waals surface area contributed by atoms with Crippen LogP contribution in [0.4, 0.5) is 0 Å². The average molecular weight is 297 g/mol. The van der Waals surface area contributed by atoms with Crippen molar-refractivity contribution in [3.63, 3.8) is 0 Å². The van der Waals surface area contributed by atoms with Gasteiger partial charge in [-0.1, -0.05) is 6.42 Å². The van der Waals surface area contributed by atoms with Gasteiger partial charge in [0.05, 0.1) is 5.92 Å². The molecule has 3 unspecified atom stereocenters. The summed E-state index contributed by atoms with van der Waals surface area (Å²) >= 11 is 3.97. The predicted octanol–water partition coefficient (Wildman–Crippen LogP) is 1.50. The molecule has 3 nitrogen and oxygen atoms in total. The molecule has 0 aromatic heterocycles.